The first-order chi connectivity index (χ1) is 37.4. The van der Waals surface area contributed by atoms with Crippen molar-refractivity contribution >= 4 is 38.9 Å². The SMILES string of the molecule is CC(C)(C)c1ccc2c(c1)C1(c3cc(C(C)(C)C)ccc3-2)c2ccccc2-c2c(-c3ccc(-n4c5ccccc5c5ccc(N(c6ccc(-c7ccccc7)cc6)c6ccc(-c7ccccc7)cc6)cc54)cc3)cccc21. The highest BCUT2D eigenvalue weighted by Gasteiger charge is 2.52. The lowest BCUT2D eigenvalue weighted by atomic mass is 9.68. The number of hydrogen-bond acceptors (Lipinski definition) is 1. The van der Waals surface area contributed by atoms with Crippen molar-refractivity contribution in [1.82, 2.24) is 4.57 Å². The highest BCUT2D eigenvalue weighted by Crippen LogP contribution is 2.65. The topological polar surface area (TPSA) is 8.17 Å². The van der Waals surface area contributed by atoms with Gasteiger partial charge >= 0.3 is 0 Å². The third-order valence-electron chi connectivity index (χ3n) is 16.8. The van der Waals surface area contributed by atoms with Crippen LogP contribution in [0.3, 0.4) is 0 Å². The van der Waals surface area contributed by atoms with E-state index in [1.807, 2.05) is 0 Å². The number of para-hydroxylation sites is 1. The summed E-state index contributed by atoms with van der Waals surface area (Å²) in [6.07, 6.45) is 0. The van der Waals surface area contributed by atoms with Crippen molar-refractivity contribution in [1.29, 1.82) is 0 Å². The van der Waals surface area contributed by atoms with E-state index in [0.29, 0.717) is 0 Å². The summed E-state index contributed by atoms with van der Waals surface area (Å²) >= 11 is 0. The Hall–Kier alpha value is -8.98. The molecular weight excluding hydrogens is 929 g/mol. The van der Waals surface area contributed by atoms with Gasteiger partial charge in [0.15, 0.2) is 0 Å². The Labute approximate surface area is 453 Å². The van der Waals surface area contributed by atoms with Crippen molar-refractivity contribution in [2.45, 2.75) is 57.8 Å². The molecule has 370 valence electrons. The normalized spacial score (nSPS) is 13.2. The molecule has 0 saturated heterocycles. The molecule has 0 saturated carbocycles. The molecular formula is C75H60N2. The lowest BCUT2D eigenvalue weighted by Gasteiger charge is -2.33. The largest absolute Gasteiger partial charge is 0.310 e. The van der Waals surface area contributed by atoms with E-state index in [9.17, 15) is 0 Å². The quantitative estimate of drug-likeness (QED) is 0.154. The molecule has 0 amide bonds. The standard InChI is InChI=1S/C75H60N2/c1-73(2,3)54-34-43-61-62-44-35-55(74(4,5)6)47-69(62)75(68(61)46-54)66-25-15-13-23-65(66)72-60(24-17-26-67(72)75)53-32-40-58(41-33-53)77-70-27-16-14-22-63(70)64-45-42-59(48-71(64)77)76(56-36-28-51(29-37-56)49-18-9-7-10-19-49)57-38-30-52(31-39-57)50-20-11-8-12-21-50/h7-48H,1-6H3. The van der Waals surface area contributed by atoms with Gasteiger partial charge in [-0.25, -0.2) is 0 Å². The second kappa shape index (κ2) is 17.5. The van der Waals surface area contributed by atoms with Crippen LogP contribution in [0.1, 0.15) is 74.9 Å². The van der Waals surface area contributed by atoms with Gasteiger partial charge in [-0.3, -0.25) is 0 Å². The lowest BCUT2D eigenvalue weighted by molar-refractivity contribution is 0.586. The molecule has 1 heterocycles. The molecule has 0 radical (unpaired) electrons. The predicted molar refractivity (Wildman–Crippen MR) is 325 cm³/mol. The fourth-order valence-electron chi connectivity index (χ4n) is 12.9. The summed E-state index contributed by atoms with van der Waals surface area (Å²) in [5.74, 6) is 0. The van der Waals surface area contributed by atoms with E-state index in [2.05, 4.69) is 306 Å². The summed E-state index contributed by atoms with van der Waals surface area (Å²) in [7, 11) is 0. The smallest absolute Gasteiger partial charge is 0.0725 e. The molecule has 2 heteroatoms. The van der Waals surface area contributed by atoms with Crippen LogP contribution in [0.25, 0.3) is 83.1 Å². The Bertz CT molecular complexity index is 4090. The zero-order valence-electron chi connectivity index (χ0n) is 44.6. The second-order valence-electron chi connectivity index (χ2n) is 23.3. The molecule has 2 aliphatic rings. The summed E-state index contributed by atoms with van der Waals surface area (Å²) < 4.78 is 2.46. The molecule has 12 aromatic rings. The Kier molecular flexibility index (Phi) is 10.6. The van der Waals surface area contributed by atoms with Crippen LogP contribution in [0.2, 0.25) is 0 Å². The minimum Gasteiger partial charge on any atom is -0.310 e. The van der Waals surface area contributed by atoms with Crippen molar-refractivity contribution in [2.75, 3.05) is 4.90 Å². The maximum Gasteiger partial charge on any atom is 0.0725 e. The Morgan fingerprint density at radius 1 is 0.312 bits per heavy atom. The average Bonchev–Trinajstić information content (AvgIpc) is 4.08. The fourth-order valence-corrected chi connectivity index (χ4v) is 12.9. The summed E-state index contributed by atoms with van der Waals surface area (Å²) in [6, 6.07) is 95.4. The first-order valence-electron chi connectivity index (χ1n) is 27.2. The number of benzene rings is 11. The van der Waals surface area contributed by atoms with Crippen molar-refractivity contribution < 1.29 is 0 Å². The van der Waals surface area contributed by atoms with E-state index >= 15 is 0 Å². The molecule has 0 N–H and O–H groups in total. The van der Waals surface area contributed by atoms with Gasteiger partial charge in [-0.1, -0.05) is 242 Å². The predicted octanol–water partition coefficient (Wildman–Crippen LogP) is 20.2. The van der Waals surface area contributed by atoms with Crippen LogP contribution in [0.15, 0.2) is 255 Å². The van der Waals surface area contributed by atoms with Gasteiger partial charge in [0.2, 0.25) is 0 Å². The maximum atomic E-state index is 2.54. The molecule has 0 unspecified atom stereocenters. The van der Waals surface area contributed by atoms with E-state index < -0.39 is 5.41 Å². The van der Waals surface area contributed by atoms with Crippen LogP contribution in [0, 0.1) is 0 Å². The molecule has 2 aliphatic carbocycles. The zero-order chi connectivity index (χ0) is 52.2. The summed E-state index contributed by atoms with van der Waals surface area (Å²) in [4.78, 5) is 2.39. The third-order valence-corrected chi connectivity index (χ3v) is 16.8. The number of aromatic nitrogens is 1. The van der Waals surface area contributed by atoms with Crippen molar-refractivity contribution in [3.05, 3.63) is 288 Å². The highest BCUT2D eigenvalue weighted by atomic mass is 15.1. The second-order valence-corrected chi connectivity index (χ2v) is 23.3. The van der Waals surface area contributed by atoms with Gasteiger partial charge in [-0.05, 0) is 154 Å². The number of hydrogen-bond donors (Lipinski definition) is 0. The van der Waals surface area contributed by atoms with Gasteiger partial charge < -0.3 is 9.47 Å². The van der Waals surface area contributed by atoms with Crippen LogP contribution in [0.4, 0.5) is 17.1 Å². The Morgan fingerprint density at radius 3 is 1.36 bits per heavy atom. The summed E-state index contributed by atoms with van der Waals surface area (Å²) in [6.45, 7) is 14.0. The third kappa shape index (κ3) is 7.37. The van der Waals surface area contributed by atoms with E-state index in [0.717, 1.165) is 28.3 Å². The van der Waals surface area contributed by atoms with Crippen LogP contribution >= 0.6 is 0 Å². The minimum atomic E-state index is -0.461. The molecule has 0 aliphatic heterocycles. The molecule has 14 rings (SSSR count). The fraction of sp³-hybridized carbons (Fsp3) is 0.120. The molecule has 0 atom stereocenters. The first-order valence-corrected chi connectivity index (χ1v) is 27.2. The number of anilines is 3. The molecule has 0 bridgehead atoms. The number of fused-ring (bicyclic) bond motifs is 13. The summed E-state index contributed by atoms with van der Waals surface area (Å²) in [5.41, 5.74) is 27.0. The maximum absolute atomic E-state index is 2.54. The monoisotopic (exact) mass is 988 g/mol. The van der Waals surface area contributed by atoms with Crippen LogP contribution < -0.4 is 4.90 Å². The average molecular weight is 989 g/mol. The van der Waals surface area contributed by atoms with Gasteiger partial charge in [0, 0.05) is 33.5 Å². The van der Waals surface area contributed by atoms with Gasteiger partial charge in [-0.2, -0.15) is 0 Å². The highest BCUT2D eigenvalue weighted by molar-refractivity contribution is 6.10. The van der Waals surface area contributed by atoms with E-state index in [1.54, 1.807) is 0 Å². The molecule has 1 spiro atoms. The van der Waals surface area contributed by atoms with Crippen molar-refractivity contribution in [3.63, 3.8) is 0 Å². The van der Waals surface area contributed by atoms with Gasteiger partial charge in [0.1, 0.15) is 0 Å². The molecule has 2 nitrogen and oxygen atoms in total. The zero-order valence-corrected chi connectivity index (χ0v) is 44.6. The van der Waals surface area contributed by atoms with Crippen molar-refractivity contribution in [2.24, 2.45) is 0 Å². The Morgan fingerprint density at radius 2 is 0.779 bits per heavy atom. The van der Waals surface area contributed by atoms with Crippen LogP contribution in [0.5, 0.6) is 0 Å². The minimum absolute atomic E-state index is 0.00633. The molecule has 1 aromatic heterocycles. The first kappa shape index (κ1) is 46.5. The van der Waals surface area contributed by atoms with Gasteiger partial charge in [-0.15, -0.1) is 0 Å². The molecule has 77 heavy (non-hydrogen) atoms. The number of nitrogens with zero attached hydrogens (tertiary/aromatic N) is 2. The Balaban J connectivity index is 0.912. The van der Waals surface area contributed by atoms with Gasteiger partial charge in [0.05, 0.1) is 16.4 Å². The van der Waals surface area contributed by atoms with E-state index in [1.165, 1.54) is 105 Å². The molecule has 11 aromatic carbocycles. The molecule has 0 fully saturated rings. The van der Waals surface area contributed by atoms with Gasteiger partial charge in [0.25, 0.3) is 0 Å². The van der Waals surface area contributed by atoms with Crippen LogP contribution in [-0.4, -0.2) is 4.57 Å². The number of rotatable bonds is 7. The van der Waals surface area contributed by atoms with E-state index in [-0.39, 0.29) is 10.8 Å². The lowest BCUT2D eigenvalue weighted by Crippen LogP contribution is -2.27. The summed E-state index contributed by atoms with van der Waals surface area (Å²) in [5, 5.41) is 2.45. The van der Waals surface area contributed by atoms with E-state index in [4.69, 9.17) is 0 Å². The van der Waals surface area contributed by atoms with Crippen LogP contribution in [-0.2, 0) is 16.2 Å². The van der Waals surface area contributed by atoms with Crippen molar-refractivity contribution in [3.8, 4) is 61.3 Å².